The van der Waals surface area contributed by atoms with Crippen LogP contribution in [0.5, 0.6) is 0 Å². The molecule has 7 heteroatoms. The van der Waals surface area contributed by atoms with E-state index in [2.05, 4.69) is 5.32 Å². The van der Waals surface area contributed by atoms with E-state index in [4.69, 9.17) is 0 Å². The van der Waals surface area contributed by atoms with Crippen molar-refractivity contribution in [3.05, 3.63) is 29.3 Å². The first-order chi connectivity index (χ1) is 9.95. The van der Waals surface area contributed by atoms with Crippen molar-refractivity contribution in [3.63, 3.8) is 0 Å². The van der Waals surface area contributed by atoms with E-state index in [9.17, 15) is 18.0 Å². The van der Waals surface area contributed by atoms with Crippen LogP contribution in [0.15, 0.2) is 18.2 Å². The van der Waals surface area contributed by atoms with Crippen LogP contribution in [0.3, 0.4) is 0 Å². The van der Waals surface area contributed by atoms with E-state index in [1.165, 1.54) is 19.2 Å². The summed E-state index contributed by atoms with van der Waals surface area (Å²) in [6.07, 6.45) is -3.62. The first kappa shape index (κ1) is 16.0. The zero-order valence-corrected chi connectivity index (χ0v) is 12.5. The molecule has 0 unspecified atom stereocenters. The molecule has 1 saturated heterocycles. The van der Waals surface area contributed by atoms with Crippen LogP contribution >= 0.6 is 11.8 Å². The molecule has 2 rings (SSSR count). The zero-order chi connectivity index (χ0) is 15.5. The quantitative estimate of drug-likeness (QED) is 0.908. The van der Waals surface area contributed by atoms with E-state index < -0.39 is 11.7 Å². The highest BCUT2D eigenvalue weighted by Crippen LogP contribution is 2.36. The fourth-order valence-corrected chi connectivity index (χ4v) is 3.24. The number of carbonyl (C=O) groups excluding carboxylic acids is 1. The van der Waals surface area contributed by atoms with Crippen LogP contribution < -0.4 is 5.32 Å². The van der Waals surface area contributed by atoms with Crippen molar-refractivity contribution in [3.8, 4) is 0 Å². The smallest absolute Gasteiger partial charge is 0.387 e. The number of alkyl halides is 3. The lowest BCUT2D eigenvalue weighted by Crippen LogP contribution is -2.33. The summed E-state index contributed by atoms with van der Waals surface area (Å²) in [6.45, 7) is 1.16. The van der Waals surface area contributed by atoms with Crippen molar-refractivity contribution in [1.29, 1.82) is 0 Å². The number of rotatable bonds is 2. The predicted octanol–water partition coefficient (Wildman–Crippen LogP) is 3.33. The van der Waals surface area contributed by atoms with Crippen LogP contribution in [0, 0.1) is 0 Å². The number of benzene rings is 1. The Morgan fingerprint density at radius 2 is 2.05 bits per heavy atom. The SMILES string of the molecule is CNc1c(C(=O)N2CCCSCC2)cccc1C(F)(F)F. The molecular formula is C14H17F3N2OS. The van der Waals surface area contributed by atoms with Gasteiger partial charge in [0.05, 0.1) is 16.8 Å². The number of halogens is 3. The van der Waals surface area contributed by atoms with Crippen LogP contribution in [0.25, 0.3) is 0 Å². The number of amides is 1. The average molecular weight is 318 g/mol. The molecule has 1 aliphatic rings. The Hall–Kier alpha value is -1.37. The molecule has 1 fully saturated rings. The number of para-hydroxylation sites is 1. The summed E-state index contributed by atoms with van der Waals surface area (Å²) in [6, 6.07) is 3.71. The van der Waals surface area contributed by atoms with Crippen molar-refractivity contribution in [1.82, 2.24) is 4.90 Å². The summed E-state index contributed by atoms with van der Waals surface area (Å²) in [5.41, 5.74) is -0.869. The minimum absolute atomic E-state index is 0.0826. The third-order valence-corrected chi connectivity index (χ3v) is 4.41. The largest absolute Gasteiger partial charge is 0.418 e. The predicted molar refractivity (Wildman–Crippen MR) is 78.8 cm³/mol. The Labute approximate surface area is 125 Å². The lowest BCUT2D eigenvalue weighted by atomic mass is 10.0. The molecular weight excluding hydrogens is 301 g/mol. The molecule has 0 bridgehead atoms. The molecule has 1 aromatic carbocycles. The summed E-state index contributed by atoms with van der Waals surface area (Å²) in [5, 5.41) is 2.53. The summed E-state index contributed by atoms with van der Waals surface area (Å²) in [4.78, 5) is 14.2. The van der Waals surface area contributed by atoms with Gasteiger partial charge in [-0.25, -0.2) is 0 Å². The van der Waals surface area contributed by atoms with Gasteiger partial charge in [-0.3, -0.25) is 4.79 Å². The first-order valence-corrected chi connectivity index (χ1v) is 7.85. The van der Waals surface area contributed by atoms with Gasteiger partial charge in [-0.05, 0) is 24.3 Å². The lowest BCUT2D eigenvalue weighted by molar-refractivity contribution is -0.136. The maximum Gasteiger partial charge on any atom is 0.418 e. The summed E-state index contributed by atoms with van der Waals surface area (Å²) < 4.78 is 39.1. The maximum absolute atomic E-state index is 13.0. The molecule has 0 aromatic heterocycles. The van der Waals surface area contributed by atoms with E-state index in [-0.39, 0.29) is 17.2 Å². The highest BCUT2D eigenvalue weighted by molar-refractivity contribution is 7.99. The molecule has 1 aromatic rings. The molecule has 21 heavy (non-hydrogen) atoms. The van der Waals surface area contributed by atoms with Crippen LogP contribution in [0.2, 0.25) is 0 Å². The van der Waals surface area contributed by atoms with Gasteiger partial charge in [0.25, 0.3) is 5.91 Å². The summed E-state index contributed by atoms with van der Waals surface area (Å²) in [7, 11) is 1.40. The van der Waals surface area contributed by atoms with Crippen molar-refractivity contribution in [2.75, 3.05) is 37.0 Å². The Morgan fingerprint density at radius 1 is 1.29 bits per heavy atom. The van der Waals surface area contributed by atoms with Gasteiger partial charge in [0.1, 0.15) is 0 Å². The maximum atomic E-state index is 13.0. The van der Waals surface area contributed by atoms with Gasteiger partial charge >= 0.3 is 6.18 Å². The third kappa shape index (κ3) is 3.64. The molecule has 0 saturated carbocycles. The molecule has 0 atom stereocenters. The first-order valence-electron chi connectivity index (χ1n) is 6.70. The fraction of sp³-hybridized carbons (Fsp3) is 0.500. The minimum atomic E-state index is -4.48. The van der Waals surface area contributed by atoms with Crippen LogP contribution in [-0.2, 0) is 6.18 Å². The van der Waals surface area contributed by atoms with Gasteiger partial charge in [-0.1, -0.05) is 6.07 Å². The van der Waals surface area contributed by atoms with Crippen LogP contribution in [-0.4, -0.2) is 42.4 Å². The Balaban J connectivity index is 2.36. The van der Waals surface area contributed by atoms with Gasteiger partial charge in [0.15, 0.2) is 0 Å². The molecule has 3 nitrogen and oxygen atoms in total. The molecule has 0 aliphatic carbocycles. The van der Waals surface area contributed by atoms with E-state index >= 15 is 0 Å². The van der Waals surface area contributed by atoms with E-state index in [0.717, 1.165) is 24.0 Å². The van der Waals surface area contributed by atoms with Gasteiger partial charge < -0.3 is 10.2 Å². The molecule has 0 spiro atoms. The molecule has 1 amide bonds. The van der Waals surface area contributed by atoms with Crippen molar-refractivity contribution in [2.24, 2.45) is 0 Å². The topological polar surface area (TPSA) is 32.3 Å². The van der Waals surface area contributed by atoms with Gasteiger partial charge in [-0.15, -0.1) is 0 Å². The molecule has 116 valence electrons. The number of anilines is 1. The highest BCUT2D eigenvalue weighted by Gasteiger charge is 2.35. The number of hydrogen-bond donors (Lipinski definition) is 1. The second kappa shape index (κ2) is 6.60. The molecule has 1 aliphatic heterocycles. The monoisotopic (exact) mass is 318 g/mol. The number of thioether (sulfide) groups is 1. The van der Waals surface area contributed by atoms with Crippen LogP contribution in [0.1, 0.15) is 22.3 Å². The molecule has 0 radical (unpaired) electrons. The highest BCUT2D eigenvalue weighted by atomic mass is 32.2. The Kier molecular flexibility index (Phi) is 5.03. The lowest BCUT2D eigenvalue weighted by Gasteiger charge is -2.23. The van der Waals surface area contributed by atoms with Crippen LogP contribution in [0.4, 0.5) is 18.9 Å². The van der Waals surface area contributed by atoms with E-state index in [0.29, 0.717) is 13.1 Å². The molecule has 1 N–H and O–H groups in total. The average Bonchev–Trinajstić information content (AvgIpc) is 2.73. The van der Waals surface area contributed by atoms with Crippen molar-refractivity contribution < 1.29 is 18.0 Å². The zero-order valence-electron chi connectivity index (χ0n) is 11.7. The van der Waals surface area contributed by atoms with Crippen molar-refractivity contribution >= 4 is 23.4 Å². The van der Waals surface area contributed by atoms with E-state index in [1.54, 1.807) is 16.7 Å². The fourth-order valence-electron chi connectivity index (χ4n) is 2.36. The second-order valence-corrected chi connectivity index (χ2v) is 5.96. The number of hydrogen-bond acceptors (Lipinski definition) is 3. The Bertz CT molecular complexity index is 511. The number of nitrogens with one attached hydrogen (secondary N) is 1. The third-order valence-electron chi connectivity index (χ3n) is 3.36. The number of nitrogens with zero attached hydrogens (tertiary/aromatic N) is 1. The van der Waals surface area contributed by atoms with Crippen molar-refractivity contribution in [2.45, 2.75) is 12.6 Å². The second-order valence-electron chi connectivity index (χ2n) is 4.73. The van der Waals surface area contributed by atoms with Gasteiger partial charge in [0, 0.05) is 25.9 Å². The summed E-state index contributed by atoms with van der Waals surface area (Å²) in [5.74, 6) is 1.46. The molecule has 1 heterocycles. The van der Waals surface area contributed by atoms with Gasteiger partial charge in [-0.2, -0.15) is 24.9 Å². The minimum Gasteiger partial charge on any atom is -0.387 e. The normalized spacial score (nSPS) is 16.5. The summed E-state index contributed by atoms with van der Waals surface area (Å²) >= 11 is 1.76. The Morgan fingerprint density at radius 3 is 2.71 bits per heavy atom. The number of carbonyl (C=O) groups is 1. The standard InChI is InChI=1S/C14H17F3N2OS/c1-18-12-10(4-2-5-11(12)14(15,16)17)13(20)19-6-3-8-21-9-7-19/h2,4-5,18H,3,6-9H2,1H3. The van der Waals surface area contributed by atoms with E-state index in [1.807, 2.05) is 0 Å². The van der Waals surface area contributed by atoms with Gasteiger partial charge in [0.2, 0.25) is 0 Å².